The number of ether oxygens (including phenoxy) is 1. The van der Waals surface area contributed by atoms with Crippen molar-refractivity contribution in [2.24, 2.45) is 0 Å². The number of hydrogen-bond acceptors (Lipinski definition) is 6. The number of urea groups is 1. The summed E-state index contributed by atoms with van der Waals surface area (Å²) in [6.45, 7) is 8.12. The summed E-state index contributed by atoms with van der Waals surface area (Å²) in [5, 5.41) is 11.4. The van der Waals surface area contributed by atoms with Crippen molar-refractivity contribution in [1.82, 2.24) is 15.0 Å². The van der Waals surface area contributed by atoms with Crippen molar-refractivity contribution in [3.05, 3.63) is 18.1 Å². The SMILES string of the molecule is CCOC1C(O)N(c2cc(C(C)(C)C)ncn2)C(=O)N1OC. The first-order valence-corrected chi connectivity index (χ1v) is 7.10. The summed E-state index contributed by atoms with van der Waals surface area (Å²) >= 11 is 0. The summed E-state index contributed by atoms with van der Waals surface area (Å²) < 4.78 is 5.38. The molecule has 2 atom stereocenters. The molecule has 8 nitrogen and oxygen atoms in total. The first-order valence-electron chi connectivity index (χ1n) is 7.10. The van der Waals surface area contributed by atoms with E-state index in [-0.39, 0.29) is 5.41 Å². The topological polar surface area (TPSA) is 88.0 Å². The summed E-state index contributed by atoms with van der Waals surface area (Å²) in [7, 11) is 1.35. The summed E-state index contributed by atoms with van der Waals surface area (Å²) in [6.07, 6.45) is -0.744. The fourth-order valence-corrected chi connectivity index (χ4v) is 2.21. The highest BCUT2D eigenvalue weighted by Crippen LogP contribution is 2.29. The lowest BCUT2D eigenvalue weighted by Crippen LogP contribution is -2.39. The van der Waals surface area contributed by atoms with Crippen LogP contribution in [0.1, 0.15) is 33.4 Å². The van der Waals surface area contributed by atoms with Crippen molar-refractivity contribution >= 4 is 11.8 Å². The number of aromatic nitrogens is 2. The summed E-state index contributed by atoms with van der Waals surface area (Å²) in [6, 6.07) is 1.15. The molecule has 1 aliphatic rings. The minimum absolute atomic E-state index is 0.203. The molecule has 1 aliphatic heterocycles. The molecule has 0 bridgehead atoms. The Morgan fingerprint density at radius 2 is 2.05 bits per heavy atom. The van der Waals surface area contributed by atoms with E-state index in [4.69, 9.17) is 9.57 Å². The van der Waals surface area contributed by atoms with Gasteiger partial charge in [-0.2, -0.15) is 5.06 Å². The first-order chi connectivity index (χ1) is 10.3. The van der Waals surface area contributed by atoms with Gasteiger partial charge in [0.2, 0.25) is 6.23 Å². The maximum Gasteiger partial charge on any atom is 0.354 e. The molecule has 0 aromatic carbocycles. The van der Waals surface area contributed by atoms with Crippen LogP contribution in [0.15, 0.2) is 12.4 Å². The van der Waals surface area contributed by atoms with Crippen LogP contribution < -0.4 is 4.90 Å². The van der Waals surface area contributed by atoms with Crippen LogP contribution in [0, 0.1) is 0 Å². The molecular formula is C14H22N4O4. The van der Waals surface area contributed by atoms with Gasteiger partial charge in [-0.3, -0.25) is 4.84 Å². The molecular weight excluding hydrogens is 288 g/mol. The number of anilines is 1. The van der Waals surface area contributed by atoms with E-state index in [1.807, 2.05) is 20.8 Å². The van der Waals surface area contributed by atoms with Crippen molar-refractivity contribution in [2.75, 3.05) is 18.6 Å². The molecule has 22 heavy (non-hydrogen) atoms. The van der Waals surface area contributed by atoms with Gasteiger partial charge in [0.25, 0.3) is 0 Å². The normalized spacial score (nSPS) is 22.5. The number of aliphatic hydroxyl groups is 1. The Balaban J connectivity index is 2.38. The van der Waals surface area contributed by atoms with Crippen LogP contribution in [0.5, 0.6) is 0 Å². The molecule has 0 saturated carbocycles. The number of hydroxylamine groups is 2. The number of nitrogens with zero attached hydrogens (tertiary/aromatic N) is 4. The van der Waals surface area contributed by atoms with Crippen molar-refractivity contribution < 1.29 is 19.5 Å². The molecule has 122 valence electrons. The molecule has 0 aliphatic carbocycles. The lowest BCUT2D eigenvalue weighted by Gasteiger charge is -2.22. The maximum atomic E-state index is 12.4. The Kier molecular flexibility index (Phi) is 4.64. The van der Waals surface area contributed by atoms with Crippen molar-refractivity contribution in [3.8, 4) is 0 Å². The Morgan fingerprint density at radius 3 is 2.59 bits per heavy atom. The van der Waals surface area contributed by atoms with Gasteiger partial charge in [-0.25, -0.2) is 19.7 Å². The van der Waals surface area contributed by atoms with Crippen LogP contribution in [-0.2, 0) is 15.0 Å². The van der Waals surface area contributed by atoms with E-state index in [0.717, 1.165) is 15.7 Å². The van der Waals surface area contributed by atoms with Gasteiger partial charge < -0.3 is 9.84 Å². The monoisotopic (exact) mass is 310 g/mol. The average Bonchev–Trinajstić information content (AvgIpc) is 2.69. The zero-order valence-corrected chi connectivity index (χ0v) is 13.5. The summed E-state index contributed by atoms with van der Waals surface area (Å²) in [5.41, 5.74) is 0.562. The van der Waals surface area contributed by atoms with E-state index in [2.05, 4.69) is 9.97 Å². The molecule has 2 unspecified atom stereocenters. The number of amides is 2. The van der Waals surface area contributed by atoms with Gasteiger partial charge in [-0.15, -0.1) is 0 Å². The third kappa shape index (κ3) is 2.90. The van der Waals surface area contributed by atoms with E-state index >= 15 is 0 Å². The molecule has 1 saturated heterocycles. The van der Waals surface area contributed by atoms with E-state index in [9.17, 15) is 9.90 Å². The highest BCUT2D eigenvalue weighted by molar-refractivity contribution is 5.93. The fourth-order valence-electron chi connectivity index (χ4n) is 2.21. The van der Waals surface area contributed by atoms with Crippen molar-refractivity contribution in [2.45, 2.75) is 45.6 Å². The first kappa shape index (κ1) is 16.6. The van der Waals surface area contributed by atoms with Crippen molar-refractivity contribution in [1.29, 1.82) is 0 Å². The number of aliphatic hydroxyl groups excluding tert-OH is 1. The van der Waals surface area contributed by atoms with E-state index in [1.165, 1.54) is 13.4 Å². The molecule has 1 aromatic heterocycles. The molecule has 1 fully saturated rings. The predicted molar refractivity (Wildman–Crippen MR) is 78.9 cm³/mol. The highest BCUT2D eigenvalue weighted by atomic mass is 16.7. The largest absolute Gasteiger partial charge is 0.369 e. The van der Waals surface area contributed by atoms with Gasteiger partial charge in [0.05, 0.1) is 12.8 Å². The highest BCUT2D eigenvalue weighted by Gasteiger charge is 2.48. The van der Waals surface area contributed by atoms with Crippen LogP contribution in [-0.4, -0.2) is 52.3 Å². The van der Waals surface area contributed by atoms with Crippen LogP contribution in [0.2, 0.25) is 0 Å². The Bertz CT molecular complexity index is 546. The number of hydrogen-bond donors (Lipinski definition) is 1. The zero-order chi connectivity index (χ0) is 16.5. The van der Waals surface area contributed by atoms with Gasteiger partial charge >= 0.3 is 6.03 Å². The smallest absolute Gasteiger partial charge is 0.354 e. The van der Waals surface area contributed by atoms with Gasteiger partial charge in [0.1, 0.15) is 12.1 Å². The second kappa shape index (κ2) is 6.15. The van der Waals surface area contributed by atoms with Gasteiger partial charge in [0.15, 0.2) is 6.23 Å². The standard InChI is InChI=1S/C14H22N4O4/c1-6-22-12-11(19)17(13(20)18(12)21-5)10-7-9(14(2,3)4)15-8-16-10/h7-8,11-12,19H,6H2,1-5H3. The third-order valence-electron chi connectivity index (χ3n) is 3.35. The van der Waals surface area contributed by atoms with E-state index < -0.39 is 18.5 Å². The second-order valence-electron chi connectivity index (χ2n) is 5.93. The molecule has 8 heteroatoms. The lowest BCUT2D eigenvalue weighted by atomic mass is 9.92. The predicted octanol–water partition coefficient (Wildman–Crippen LogP) is 1.26. The molecule has 2 rings (SSSR count). The molecule has 1 aromatic rings. The molecule has 1 N–H and O–H groups in total. The summed E-state index contributed by atoms with van der Waals surface area (Å²) in [4.78, 5) is 26.9. The maximum absolute atomic E-state index is 12.4. The van der Waals surface area contributed by atoms with Crippen LogP contribution in [0.25, 0.3) is 0 Å². The second-order valence-corrected chi connectivity index (χ2v) is 5.93. The van der Waals surface area contributed by atoms with Crippen LogP contribution in [0.4, 0.5) is 10.6 Å². The van der Waals surface area contributed by atoms with Gasteiger partial charge in [-0.1, -0.05) is 20.8 Å². The Morgan fingerprint density at radius 1 is 1.36 bits per heavy atom. The fraction of sp³-hybridized carbons (Fsp3) is 0.643. The molecule has 0 radical (unpaired) electrons. The molecule has 0 spiro atoms. The van der Waals surface area contributed by atoms with E-state index in [1.54, 1.807) is 13.0 Å². The summed E-state index contributed by atoms with van der Waals surface area (Å²) in [5.74, 6) is 0.307. The zero-order valence-electron chi connectivity index (χ0n) is 13.5. The van der Waals surface area contributed by atoms with Gasteiger partial charge in [-0.05, 0) is 6.92 Å². The van der Waals surface area contributed by atoms with Gasteiger partial charge in [0, 0.05) is 18.1 Å². The molecule has 2 amide bonds. The number of carbonyl (C=O) groups is 1. The third-order valence-corrected chi connectivity index (χ3v) is 3.35. The quantitative estimate of drug-likeness (QED) is 0.900. The van der Waals surface area contributed by atoms with E-state index in [0.29, 0.717) is 12.4 Å². The number of rotatable bonds is 4. The van der Waals surface area contributed by atoms with Crippen molar-refractivity contribution in [3.63, 3.8) is 0 Å². The lowest BCUT2D eigenvalue weighted by molar-refractivity contribution is -0.206. The number of carbonyl (C=O) groups excluding carboxylic acids is 1. The van der Waals surface area contributed by atoms with Crippen LogP contribution in [0.3, 0.4) is 0 Å². The minimum atomic E-state index is -1.21. The Hall–Kier alpha value is -1.77. The average molecular weight is 310 g/mol. The Labute approximate surface area is 129 Å². The van der Waals surface area contributed by atoms with Crippen LogP contribution >= 0.6 is 0 Å². The molecule has 2 heterocycles. The minimum Gasteiger partial charge on any atom is -0.369 e.